The zero-order chi connectivity index (χ0) is 21.9. The highest BCUT2D eigenvalue weighted by atomic mass is 16.5. The molecule has 1 heterocycles. The Morgan fingerprint density at radius 3 is 1.97 bits per heavy atom. The first-order valence-electron chi connectivity index (χ1n) is 9.66. The molecule has 154 valence electrons. The number of amidine groups is 1. The molecular formula is C23H28N2O4. The quantitative estimate of drug-likeness (QED) is 0.603. The molecule has 0 spiro atoms. The van der Waals surface area contributed by atoms with Gasteiger partial charge in [-0.3, -0.25) is 9.53 Å². The van der Waals surface area contributed by atoms with Crippen LogP contribution < -0.4 is 0 Å². The third-order valence-corrected chi connectivity index (χ3v) is 6.25. The van der Waals surface area contributed by atoms with Crippen molar-refractivity contribution in [2.75, 3.05) is 0 Å². The van der Waals surface area contributed by atoms with Gasteiger partial charge in [0.2, 0.25) is 5.78 Å². The SMILES string of the molecule is CC(C)(C)C1=C[C](c2ccc(C3=[N+]([O-])C(C)(C)C(C)(C)N3[O])cc2)C=C(O)C1=O. The zero-order valence-electron chi connectivity index (χ0n) is 18.0. The third kappa shape index (κ3) is 3.15. The second-order valence-corrected chi connectivity index (χ2v) is 9.73. The van der Waals surface area contributed by atoms with E-state index >= 15 is 0 Å². The lowest BCUT2D eigenvalue weighted by Crippen LogP contribution is -2.53. The maximum absolute atomic E-state index is 12.8. The van der Waals surface area contributed by atoms with Crippen molar-refractivity contribution in [3.8, 4) is 0 Å². The van der Waals surface area contributed by atoms with Crippen LogP contribution in [0.15, 0.2) is 47.7 Å². The average Bonchev–Trinajstić information content (AvgIpc) is 2.74. The maximum atomic E-state index is 12.8. The van der Waals surface area contributed by atoms with Crippen molar-refractivity contribution in [2.45, 2.75) is 59.5 Å². The summed E-state index contributed by atoms with van der Waals surface area (Å²) in [6.45, 7) is 12.8. The Morgan fingerprint density at radius 1 is 1.00 bits per heavy atom. The van der Waals surface area contributed by atoms with Gasteiger partial charge in [0.15, 0.2) is 11.3 Å². The Hall–Kier alpha value is -2.60. The van der Waals surface area contributed by atoms with Crippen LogP contribution in [0, 0.1) is 16.5 Å². The molecule has 0 atom stereocenters. The highest BCUT2D eigenvalue weighted by Crippen LogP contribution is 2.38. The van der Waals surface area contributed by atoms with Crippen LogP contribution in [-0.2, 0) is 10.0 Å². The number of allylic oxidation sites excluding steroid dienone is 3. The minimum atomic E-state index is -0.875. The largest absolute Gasteiger partial charge is 0.714 e. The lowest BCUT2D eigenvalue weighted by atomic mass is 9.77. The Balaban J connectivity index is 1.99. The van der Waals surface area contributed by atoms with Gasteiger partial charge in [0.1, 0.15) is 5.54 Å². The fraction of sp³-hybridized carbons (Fsp3) is 0.435. The topological polar surface area (TPSA) is 86.5 Å². The van der Waals surface area contributed by atoms with Gasteiger partial charge >= 0.3 is 5.84 Å². The van der Waals surface area contributed by atoms with Gasteiger partial charge in [-0.25, -0.2) is 0 Å². The van der Waals surface area contributed by atoms with E-state index in [1.54, 1.807) is 58.0 Å². The molecule has 2 aliphatic rings. The van der Waals surface area contributed by atoms with Crippen molar-refractivity contribution >= 4 is 11.6 Å². The summed E-state index contributed by atoms with van der Waals surface area (Å²) >= 11 is 0. The van der Waals surface area contributed by atoms with Crippen molar-refractivity contribution in [1.29, 1.82) is 0 Å². The van der Waals surface area contributed by atoms with Gasteiger partial charge in [-0.05, 0) is 56.9 Å². The van der Waals surface area contributed by atoms with E-state index in [1.807, 2.05) is 20.8 Å². The van der Waals surface area contributed by atoms with E-state index in [4.69, 9.17) is 0 Å². The number of benzene rings is 1. The molecule has 6 nitrogen and oxygen atoms in total. The first-order valence-corrected chi connectivity index (χ1v) is 9.66. The molecular weight excluding hydrogens is 368 g/mol. The number of carbonyl (C=O) groups is 1. The molecule has 29 heavy (non-hydrogen) atoms. The van der Waals surface area contributed by atoms with E-state index in [0.717, 1.165) is 15.4 Å². The highest BCUT2D eigenvalue weighted by Gasteiger charge is 2.59. The number of aliphatic hydroxyl groups is 1. The summed E-state index contributed by atoms with van der Waals surface area (Å²) in [6.07, 6.45) is 3.23. The molecule has 1 aromatic carbocycles. The minimum Gasteiger partial charge on any atom is -0.714 e. The first-order chi connectivity index (χ1) is 13.2. The van der Waals surface area contributed by atoms with E-state index in [0.29, 0.717) is 17.1 Å². The summed E-state index contributed by atoms with van der Waals surface area (Å²) in [5.41, 5.74) is -0.324. The highest BCUT2D eigenvalue weighted by molar-refractivity contribution is 6.09. The normalized spacial score (nSPS) is 22.1. The van der Waals surface area contributed by atoms with Crippen LogP contribution in [0.2, 0.25) is 0 Å². The molecule has 1 aromatic rings. The molecule has 0 saturated carbocycles. The smallest absolute Gasteiger partial charge is 0.316 e. The minimum absolute atomic E-state index is 0.0830. The predicted molar refractivity (Wildman–Crippen MR) is 110 cm³/mol. The first kappa shape index (κ1) is 21.1. The van der Waals surface area contributed by atoms with Crippen molar-refractivity contribution in [3.05, 3.63) is 70.0 Å². The van der Waals surface area contributed by atoms with E-state index in [9.17, 15) is 20.3 Å². The summed E-state index contributed by atoms with van der Waals surface area (Å²) in [4.78, 5) is 12.3. The fourth-order valence-electron chi connectivity index (χ4n) is 3.49. The van der Waals surface area contributed by atoms with E-state index in [2.05, 4.69) is 0 Å². The van der Waals surface area contributed by atoms with Gasteiger partial charge in [0.05, 0.1) is 11.5 Å². The number of rotatable bonds is 2. The van der Waals surface area contributed by atoms with Crippen LogP contribution in [0.25, 0.3) is 0 Å². The van der Waals surface area contributed by atoms with Crippen molar-refractivity contribution in [2.24, 2.45) is 5.41 Å². The van der Waals surface area contributed by atoms with E-state index in [-0.39, 0.29) is 17.4 Å². The molecule has 0 amide bonds. The number of ketones is 1. The van der Waals surface area contributed by atoms with Crippen LogP contribution in [0.4, 0.5) is 0 Å². The molecule has 1 N–H and O–H groups in total. The number of hydroxylamine groups is 3. The monoisotopic (exact) mass is 396 g/mol. The van der Waals surface area contributed by atoms with Crippen LogP contribution in [0.3, 0.4) is 0 Å². The van der Waals surface area contributed by atoms with Crippen molar-refractivity contribution in [1.82, 2.24) is 5.06 Å². The van der Waals surface area contributed by atoms with Crippen LogP contribution in [0.1, 0.15) is 59.6 Å². The molecule has 6 heteroatoms. The van der Waals surface area contributed by atoms with Crippen molar-refractivity contribution in [3.63, 3.8) is 0 Å². The van der Waals surface area contributed by atoms with Gasteiger partial charge < -0.3 is 10.3 Å². The van der Waals surface area contributed by atoms with Crippen molar-refractivity contribution < 1.29 is 19.8 Å². The maximum Gasteiger partial charge on any atom is 0.316 e. The fourth-order valence-corrected chi connectivity index (χ4v) is 3.49. The van der Waals surface area contributed by atoms with Crippen LogP contribution in [-0.4, -0.2) is 37.6 Å². The second-order valence-electron chi connectivity index (χ2n) is 9.73. The molecule has 0 fully saturated rings. The van der Waals surface area contributed by atoms with Gasteiger partial charge in [-0.15, -0.1) is 0 Å². The number of nitrogens with zero attached hydrogens (tertiary/aromatic N) is 2. The standard InChI is InChI=1S/C23H28N2O4/c1-21(2,3)17-12-16(13-18(26)19(17)27)14-8-10-15(11-9-14)20-24(28)22(4,5)23(6,7)25(20)29/h8-13,26H,1-7H3. The number of aliphatic hydroxyl groups excluding tert-OH is 1. The molecule has 3 rings (SSSR count). The Bertz CT molecular complexity index is 944. The number of Topliss-reactive ketones (excluding diaryl/α,β-unsaturated/α-hetero) is 1. The van der Waals surface area contributed by atoms with Crippen LogP contribution in [0.5, 0.6) is 0 Å². The Labute approximate surface area is 172 Å². The van der Waals surface area contributed by atoms with Gasteiger partial charge in [0, 0.05) is 10.8 Å². The molecule has 1 aliphatic heterocycles. The molecule has 2 radical (unpaired) electrons. The van der Waals surface area contributed by atoms with Gasteiger partial charge in [-0.1, -0.05) is 44.0 Å². The number of hydrogen-bond acceptors (Lipinski definition) is 4. The Morgan fingerprint density at radius 2 is 1.52 bits per heavy atom. The summed E-state index contributed by atoms with van der Waals surface area (Å²) in [5.74, 6) is 0.128. The van der Waals surface area contributed by atoms with E-state index in [1.165, 1.54) is 6.08 Å². The summed E-state index contributed by atoms with van der Waals surface area (Å²) in [5, 5.41) is 36.5. The predicted octanol–water partition coefficient (Wildman–Crippen LogP) is 4.08. The lowest BCUT2D eigenvalue weighted by molar-refractivity contribution is -0.539. The molecule has 1 aliphatic carbocycles. The molecule has 0 saturated heterocycles. The van der Waals surface area contributed by atoms with Gasteiger partial charge in [0.25, 0.3) is 0 Å². The van der Waals surface area contributed by atoms with Gasteiger partial charge in [-0.2, -0.15) is 0 Å². The van der Waals surface area contributed by atoms with E-state index < -0.39 is 16.5 Å². The number of hydrogen-bond donors (Lipinski definition) is 1. The lowest BCUT2D eigenvalue weighted by Gasteiger charge is -2.32. The molecule has 0 bridgehead atoms. The van der Waals surface area contributed by atoms with Crippen LogP contribution >= 0.6 is 0 Å². The second kappa shape index (κ2) is 6.46. The summed E-state index contributed by atoms with van der Waals surface area (Å²) < 4.78 is 0.783. The third-order valence-electron chi connectivity index (χ3n) is 6.25. The summed E-state index contributed by atoms with van der Waals surface area (Å²) in [6, 6.07) is 7.01. The Kier molecular flexibility index (Phi) is 4.70. The molecule has 0 unspecified atom stereocenters. The molecule has 0 aromatic heterocycles. The number of carbonyl (C=O) groups excluding carboxylic acids is 1. The zero-order valence-corrected chi connectivity index (χ0v) is 18.0. The average molecular weight is 396 g/mol. The summed E-state index contributed by atoms with van der Waals surface area (Å²) in [7, 11) is 0.